The number of pyridine rings is 4. The van der Waals surface area contributed by atoms with Crippen LogP contribution in [0.5, 0.6) is 0 Å². The zero-order valence-corrected chi connectivity index (χ0v) is 91.4. The molecule has 7 aliphatic rings. The third kappa shape index (κ3) is 31.5. The molecule has 144 heavy (non-hydrogen) atoms. The summed E-state index contributed by atoms with van der Waals surface area (Å²) in [5, 5.41) is 15.1. The molecule has 0 bridgehead atoms. The van der Waals surface area contributed by atoms with E-state index in [1.807, 2.05) is 58.9 Å². The van der Waals surface area contributed by atoms with Gasteiger partial charge in [0.15, 0.2) is 39.3 Å². The predicted octanol–water partition coefficient (Wildman–Crippen LogP) is 19.3. The fourth-order valence-corrected chi connectivity index (χ4v) is 23.9. The van der Waals surface area contributed by atoms with Crippen molar-refractivity contribution < 1.29 is 67.2 Å². The number of amides is 5. The molecule has 0 unspecified atom stereocenters. The lowest BCUT2D eigenvalue weighted by Crippen LogP contribution is -2.45. The zero-order valence-electron chi connectivity index (χ0n) is 88.1. The van der Waals surface area contributed by atoms with Crippen LogP contribution in [0.15, 0.2) is 166 Å². The summed E-state index contributed by atoms with van der Waals surface area (Å²) in [6.45, 7) is 43.5. The lowest BCUT2D eigenvalue weighted by atomic mass is 9.81. The van der Waals surface area contributed by atoms with Gasteiger partial charge in [-0.25, -0.2) is 38.5 Å². The maximum absolute atomic E-state index is 12.9. The lowest BCUT2D eigenvalue weighted by molar-refractivity contribution is -0.112. The van der Waals surface area contributed by atoms with Crippen LogP contribution in [0, 0.1) is 59.2 Å². The van der Waals surface area contributed by atoms with Gasteiger partial charge >= 0.3 is 6.09 Å². The lowest BCUT2D eigenvalue weighted by Gasteiger charge is -2.41. The number of hydrogen-bond donors (Lipinski definition) is 5. The standard InChI is InChI=1S/2C29H41N3O3S.C26H35N3O5S.C21H27N3O3S.C8H14O/c2*1-5-36(34,35)26-12-10-22(11-13-26)17-31-29(33)25-16-24-14-15-32(19-23-8-6-21(4)7-9-23)28(20(2)3)27(24)30-18-25;1-7-35(32,33)21-10-8-18(9-11-21)15-28-24(30)20-14-19-12-13-29(25(31)34-26(4,5)6)23(17(2)3)22(19)27-16-20;1-4-28(26,27)18-7-5-15(6-8-18)12-24-21(25)17-11-16-9-10-22-19(14(2)3)20(16)23-13-17;1-7-2-4-8(6-9)5-3-7/h2*10-13,16,18,20-21,23,28H,5-9,14-15,17,19H2,1-4H3,(H,31,33);8-11,14,16-17,23H,7,12-13,15H2,1-6H3,(H,28,30);5-8,11,13-14,19,22H,4,9-10,12H2,1-3H3,(H,24,25);6-8H,2-5H2,1H3/t2*21?,23?,28-;23-;19-;/m1010./s1. The van der Waals surface area contributed by atoms with Gasteiger partial charge in [0.25, 0.3) is 23.6 Å². The molecule has 784 valence electrons. The molecule has 4 atom stereocenters. The third-order valence-electron chi connectivity index (χ3n) is 29.2. The highest BCUT2D eigenvalue weighted by atomic mass is 32.2. The predicted molar refractivity (Wildman–Crippen MR) is 567 cm³/mol. The van der Waals surface area contributed by atoms with Crippen LogP contribution < -0.4 is 26.6 Å². The largest absolute Gasteiger partial charge is 0.444 e. The number of benzene rings is 4. The Morgan fingerprint density at radius 3 is 0.944 bits per heavy atom. The second-order valence-corrected chi connectivity index (χ2v) is 51.9. The summed E-state index contributed by atoms with van der Waals surface area (Å²) in [6.07, 6.45) is 26.1. The summed E-state index contributed by atoms with van der Waals surface area (Å²) in [5.74, 6) is 5.52. The molecule has 4 aromatic heterocycles. The van der Waals surface area contributed by atoms with Gasteiger partial charge in [0.2, 0.25) is 0 Å². The first-order chi connectivity index (χ1) is 68.3. The summed E-state index contributed by atoms with van der Waals surface area (Å²) in [6, 6.07) is 35.0. The van der Waals surface area contributed by atoms with Crippen LogP contribution in [-0.2, 0) is 101 Å². The summed E-state index contributed by atoms with van der Waals surface area (Å²) >= 11 is 0. The van der Waals surface area contributed by atoms with Crippen molar-refractivity contribution in [3.05, 3.63) is 236 Å². The second kappa shape index (κ2) is 52.0. The van der Waals surface area contributed by atoms with Gasteiger partial charge in [0.05, 0.1) is 112 Å². The van der Waals surface area contributed by atoms with Crippen LogP contribution in [0.1, 0.15) is 335 Å². The molecule has 4 aliphatic heterocycles. The third-order valence-corrected chi connectivity index (χ3v) is 36.2. The Labute approximate surface area is 857 Å². The van der Waals surface area contributed by atoms with Gasteiger partial charge < -0.3 is 36.1 Å². The van der Waals surface area contributed by atoms with Crippen molar-refractivity contribution in [3.8, 4) is 0 Å². The highest BCUT2D eigenvalue weighted by Crippen LogP contribution is 2.42. The average molecular weight is 2050 g/mol. The molecule has 8 aromatic rings. The number of nitrogens with one attached hydrogen (secondary N) is 5. The van der Waals surface area contributed by atoms with E-state index in [0.717, 1.165) is 157 Å². The molecule has 3 saturated carbocycles. The molecule has 3 aliphatic carbocycles. The van der Waals surface area contributed by atoms with Crippen molar-refractivity contribution >= 4 is 75.4 Å². The molecule has 3 fully saturated rings. The monoisotopic (exact) mass is 2050 g/mol. The number of hydrogen-bond acceptors (Lipinski definition) is 22. The smallest absolute Gasteiger partial charge is 0.410 e. The molecule has 4 aromatic carbocycles. The minimum absolute atomic E-state index is 0.0433. The number of aldehydes is 1. The molecular formula is C113H158N12O15S4. The van der Waals surface area contributed by atoms with Crippen LogP contribution in [-0.4, -0.2) is 172 Å². The molecule has 27 nitrogen and oxygen atoms in total. The van der Waals surface area contributed by atoms with Gasteiger partial charge in [-0.15, -0.1) is 0 Å². The fraction of sp³-hybridized carbons (Fsp3) is 0.558. The fourth-order valence-electron chi connectivity index (χ4n) is 20.4. The SMILES string of the molecule is CC1CCC(C=O)CC1.CCS(=O)(=O)c1ccc(CNC(=O)c2cnc3c(c2)CCN(C(=O)OC(C)(C)C)[C@@H]3C(C)C)cc1.CCS(=O)(=O)c1ccc(CNC(=O)c2cnc3c(c2)CCN(CC2CCC(C)CC2)[C@@H]3C(C)C)cc1.CCS(=O)(=O)c1ccc(CNC(=O)c2cnc3c(c2)CCN(CC2CCC(C)CC2)[C@H]3C(C)C)cc1.CCS(=O)(=O)c1ccc(CNC(=O)c2cnc3c(c2)CCN[C@H]3C(C)C)cc1. The van der Waals surface area contributed by atoms with E-state index in [4.69, 9.17) is 14.7 Å². The number of rotatable bonds is 29. The number of fused-ring (bicyclic) bond motifs is 4. The number of nitrogens with zero attached hydrogens (tertiary/aromatic N) is 7. The Morgan fingerprint density at radius 2 is 0.667 bits per heavy atom. The number of sulfone groups is 4. The molecule has 8 heterocycles. The second-order valence-electron chi connectivity index (χ2n) is 42.8. The molecule has 15 rings (SSSR count). The molecule has 5 N–H and O–H groups in total. The van der Waals surface area contributed by atoms with Crippen molar-refractivity contribution in [3.63, 3.8) is 0 Å². The molecule has 0 radical (unpaired) electrons. The van der Waals surface area contributed by atoms with E-state index >= 15 is 0 Å². The van der Waals surface area contributed by atoms with Gasteiger partial charge in [-0.3, -0.25) is 53.8 Å². The van der Waals surface area contributed by atoms with Crippen LogP contribution >= 0.6 is 0 Å². The molecule has 0 spiro atoms. The van der Waals surface area contributed by atoms with E-state index in [1.165, 1.54) is 75.3 Å². The molecule has 5 amide bonds. The summed E-state index contributed by atoms with van der Waals surface area (Å²) in [4.78, 5) is 101. The summed E-state index contributed by atoms with van der Waals surface area (Å²) in [5.41, 5.74) is 13.5. The van der Waals surface area contributed by atoms with Crippen molar-refractivity contribution in [1.82, 2.24) is 61.2 Å². The van der Waals surface area contributed by atoms with Crippen LogP contribution in [0.3, 0.4) is 0 Å². The summed E-state index contributed by atoms with van der Waals surface area (Å²) < 4.78 is 101. The van der Waals surface area contributed by atoms with E-state index in [9.17, 15) is 62.4 Å². The number of carbonyl (C=O) groups is 6. The first kappa shape index (κ1) is 114. The van der Waals surface area contributed by atoms with Crippen LogP contribution in [0.2, 0.25) is 0 Å². The average Bonchev–Trinajstić information content (AvgIpc) is 0.795. The minimum atomic E-state index is -3.26. The molecule has 31 heteroatoms. The minimum Gasteiger partial charge on any atom is -0.444 e. The maximum Gasteiger partial charge on any atom is 0.410 e. The highest BCUT2D eigenvalue weighted by molar-refractivity contribution is 7.92. The Hall–Kier alpha value is -10.0. The topological polar surface area (TPSA) is 370 Å². The Kier molecular flexibility index (Phi) is 41.3. The van der Waals surface area contributed by atoms with E-state index in [0.29, 0.717) is 105 Å². The van der Waals surface area contributed by atoms with Crippen molar-refractivity contribution in [2.45, 2.75) is 303 Å². The quantitative estimate of drug-likeness (QED) is 0.0272. The Balaban J connectivity index is 0.000000178. The molecule has 0 saturated heterocycles. The van der Waals surface area contributed by atoms with E-state index in [1.54, 1.807) is 154 Å². The maximum atomic E-state index is 12.9. The normalized spacial score (nSPS) is 20.8. The van der Waals surface area contributed by atoms with Gasteiger partial charge in [-0.05, 0) is 262 Å². The first-order valence-corrected chi connectivity index (χ1v) is 58.9. The van der Waals surface area contributed by atoms with Gasteiger partial charge in [0.1, 0.15) is 11.9 Å². The van der Waals surface area contributed by atoms with Gasteiger partial charge in [0, 0.05) is 89.6 Å². The zero-order chi connectivity index (χ0) is 105. The number of aromatic nitrogens is 4. The highest BCUT2D eigenvalue weighted by Gasteiger charge is 2.40. The Morgan fingerprint density at radius 1 is 0.389 bits per heavy atom. The van der Waals surface area contributed by atoms with E-state index in [2.05, 4.69) is 109 Å². The van der Waals surface area contributed by atoms with Gasteiger partial charge in [-0.2, -0.15) is 0 Å². The van der Waals surface area contributed by atoms with E-state index in [-0.39, 0.29) is 82.2 Å². The van der Waals surface area contributed by atoms with E-state index < -0.39 is 45.0 Å². The van der Waals surface area contributed by atoms with Crippen molar-refractivity contribution in [2.75, 3.05) is 62.3 Å². The van der Waals surface area contributed by atoms with Crippen LogP contribution in [0.25, 0.3) is 0 Å². The number of carbonyl (C=O) groups excluding carboxylic acids is 6. The van der Waals surface area contributed by atoms with Gasteiger partial charge in [-0.1, -0.05) is 191 Å². The number of ether oxygens (including phenoxy) is 1. The molecular weight excluding hydrogens is 1890 g/mol. The Bertz CT molecular complexity index is 5950. The van der Waals surface area contributed by atoms with Crippen LogP contribution in [0.4, 0.5) is 4.79 Å². The van der Waals surface area contributed by atoms with Crippen molar-refractivity contribution in [2.24, 2.45) is 59.2 Å². The summed E-state index contributed by atoms with van der Waals surface area (Å²) in [7, 11) is -12.9. The van der Waals surface area contributed by atoms with Crippen molar-refractivity contribution in [1.29, 1.82) is 0 Å². The first-order valence-electron chi connectivity index (χ1n) is 52.3.